The fraction of sp³-hybridized carbons (Fsp3) is 0.385. The van der Waals surface area contributed by atoms with Gasteiger partial charge in [-0.25, -0.2) is 18.4 Å². The normalized spacial score (nSPS) is 15.5. The van der Waals surface area contributed by atoms with Crippen LogP contribution in [0.2, 0.25) is 0 Å². The van der Waals surface area contributed by atoms with Gasteiger partial charge < -0.3 is 15.7 Å². The molecule has 1 atom stereocenters. The van der Waals surface area contributed by atoms with Crippen LogP contribution in [0.25, 0.3) is 0 Å². The lowest BCUT2D eigenvalue weighted by Gasteiger charge is -2.14. The molecule has 3 N–H and O–H groups in total. The smallest absolute Gasteiger partial charge is 0.326 e. The summed E-state index contributed by atoms with van der Waals surface area (Å²) in [6.07, 6.45) is 1.56. The Morgan fingerprint density at radius 2 is 2.00 bits per heavy atom. The lowest BCUT2D eigenvalue weighted by molar-refractivity contribution is -0.139. The zero-order valence-electron chi connectivity index (χ0n) is 10.5. The predicted molar refractivity (Wildman–Crippen MR) is 65.9 cm³/mol. The van der Waals surface area contributed by atoms with Gasteiger partial charge in [-0.1, -0.05) is 6.07 Å². The largest absolute Gasteiger partial charge is 0.480 e. The molecule has 1 aliphatic carbocycles. The minimum atomic E-state index is -1.07. The number of halogens is 2. The van der Waals surface area contributed by atoms with Gasteiger partial charge in [-0.2, -0.15) is 0 Å². The summed E-state index contributed by atoms with van der Waals surface area (Å²) in [5.74, 6) is -3.05. The van der Waals surface area contributed by atoms with Crippen LogP contribution < -0.4 is 10.6 Å². The first-order valence-corrected chi connectivity index (χ1v) is 6.18. The molecule has 1 fully saturated rings. The van der Waals surface area contributed by atoms with Crippen molar-refractivity contribution >= 4 is 12.0 Å². The van der Waals surface area contributed by atoms with Gasteiger partial charge in [0, 0.05) is 6.54 Å². The third-order valence-electron chi connectivity index (χ3n) is 3.08. The Hall–Kier alpha value is -2.18. The number of benzene rings is 1. The summed E-state index contributed by atoms with van der Waals surface area (Å²) in [7, 11) is 0. The van der Waals surface area contributed by atoms with E-state index in [1.165, 1.54) is 6.07 Å². The van der Waals surface area contributed by atoms with E-state index in [2.05, 4.69) is 10.6 Å². The number of hydrogen-bond donors (Lipinski definition) is 3. The van der Waals surface area contributed by atoms with Crippen LogP contribution in [-0.2, 0) is 11.3 Å². The molecule has 7 heteroatoms. The average Bonchev–Trinajstić information content (AvgIpc) is 3.21. The molecule has 0 aromatic heterocycles. The van der Waals surface area contributed by atoms with Crippen molar-refractivity contribution in [1.82, 2.24) is 10.6 Å². The van der Waals surface area contributed by atoms with Crippen LogP contribution in [0.4, 0.5) is 13.6 Å². The Balaban J connectivity index is 1.85. The van der Waals surface area contributed by atoms with Crippen LogP contribution >= 0.6 is 0 Å². The summed E-state index contributed by atoms with van der Waals surface area (Å²) in [5, 5.41) is 13.7. The van der Waals surface area contributed by atoms with Gasteiger partial charge >= 0.3 is 12.0 Å². The lowest BCUT2D eigenvalue weighted by atomic mass is 10.2. The molecule has 0 aliphatic heterocycles. The minimum Gasteiger partial charge on any atom is -0.480 e. The number of rotatable bonds is 5. The highest BCUT2D eigenvalue weighted by molar-refractivity contribution is 5.83. The van der Waals surface area contributed by atoms with Gasteiger partial charge in [0.25, 0.3) is 0 Å². The number of urea groups is 1. The van der Waals surface area contributed by atoms with Crippen LogP contribution in [0, 0.1) is 17.6 Å². The van der Waals surface area contributed by atoms with E-state index in [1.807, 2.05) is 0 Å². The van der Waals surface area contributed by atoms with Crippen molar-refractivity contribution in [3.63, 3.8) is 0 Å². The molecule has 0 bridgehead atoms. The predicted octanol–water partition coefficient (Wildman–Crippen LogP) is 1.63. The molecule has 0 radical (unpaired) electrons. The number of carbonyl (C=O) groups excluding carboxylic acids is 1. The Bertz CT molecular complexity index is 532. The number of carboxylic acid groups (broad SMARTS) is 1. The molecular weight excluding hydrogens is 270 g/mol. The van der Waals surface area contributed by atoms with Crippen molar-refractivity contribution in [2.75, 3.05) is 0 Å². The fourth-order valence-electron chi connectivity index (χ4n) is 1.83. The van der Waals surface area contributed by atoms with Gasteiger partial charge in [0.05, 0.1) is 0 Å². The van der Waals surface area contributed by atoms with Crippen molar-refractivity contribution in [1.29, 1.82) is 0 Å². The zero-order valence-corrected chi connectivity index (χ0v) is 10.5. The number of nitrogens with one attached hydrogen (secondary N) is 2. The maximum atomic E-state index is 13.0. The summed E-state index contributed by atoms with van der Waals surface area (Å²) in [4.78, 5) is 22.5. The molecule has 0 spiro atoms. The van der Waals surface area contributed by atoms with Crippen LogP contribution in [0.1, 0.15) is 18.4 Å². The topological polar surface area (TPSA) is 78.4 Å². The highest BCUT2D eigenvalue weighted by Gasteiger charge is 2.37. The number of aliphatic carboxylic acids is 1. The van der Waals surface area contributed by atoms with Crippen LogP contribution in [-0.4, -0.2) is 23.1 Å². The number of hydrogen-bond acceptors (Lipinski definition) is 2. The van der Waals surface area contributed by atoms with Gasteiger partial charge in [-0.15, -0.1) is 0 Å². The van der Waals surface area contributed by atoms with Crippen molar-refractivity contribution < 1.29 is 23.5 Å². The van der Waals surface area contributed by atoms with E-state index in [1.54, 1.807) is 0 Å². The SMILES string of the molecule is O=C(NCc1ccc(F)c(F)c1)NC(C(=O)O)C1CC1. The monoisotopic (exact) mass is 284 g/mol. The molecule has 0 saturated heterocycles. The van der Waals surface area contributed by atoms with E-state index in [9.17, 15) is 18.4 Å². The van der Waals surface area contributed by atoms with E-state index in [0.717, 1.165) is 25.0 Å². The van der Waals surface area contributed by atoms with E-state index in [0.29, 0.717) is 5.56 Å². The first-order valence-electron chi connectivity index (χ1n) is 6.18. The Morgan fingerprint density at radius 3 is 2.55 bits per heavy atom. The summed E-state index contributed by atoms with van der Waals surface area (Å²) in [6.45, 7) is -0.0139. The van der Waals surface area contributed by atoms with E-state index in [4.69, 9.17) is 5.11 Å². The second-order valence-corrected chi connectivity index (χ2v) is 4.73. The van der Waals surface area contributed by atoms with Crippen molar-refractivity contribution in [2.24, 2.45) is 5.92 Å². The van der Waals surface area contributed by atoms with Gasteiger partial charge in [-0.3, -0.25) is 0 Å². The third-order valence-corrected chi connectivity index (χ3v) is 3.08. The van der Waals surface area contributed by atoms with E-state index < -0.39 is 29.7 Å². The zero-order chi connectivity index (χ0) is 14.7. The Labute approximate surface area is 114 Å². The summed E-state index contributed by atoms with van der Waals surface area (Å²) in [6, 6.07) is 1.74. The second kappa shape index (κ2) is 5.85. The van der Waals surface area contributed by atoms with Crippen molar-refractivity contribution in [3.8, 4) is 0 Å². The van der Waals surface area contributed by atoms with Crippen LogP contribution in [0.3, 0.4) is 0 Å². The van der Waals surface area contributed by atoms with Crippen molar-refractivity contribution in [2.45, 2.75) is 25.4 Å². The number of carbonyl (C=O) groups is 2. The molecule has 108 valence electrons. The Morgan fingerprint density at radius 1 is 1.30 bits per heavy atom. The van der Waals surface area contributed by atoms with Gasteiger partial charge in [0.1, 0.15) is 6.04 Å². The van der Waals surface area contributed by atoms with E-state index >= 15 is 0 Å². The van der Waals surface area contributed by atoms with Crippen LogP contribution in [0.15, 0.2) is 18.2 Å². The van der Waals surface area contributed by atoms with Gasteiger partial charge in [-0.05, 0) is 36.5 Å². The van der Waals surface area contributed by atoms with Crippen molar-refractivity contribution in [3.05, 3.63) is 35.4 Å². The number of amides is 2. The molecular formula is C13H14F2N2O3. The second-order valence-electron chi connectivity index (χ2n) is 4.73. The molecule has 1 aliphatic rings. The first-order chi connectivity index (χ1) is 9.47. The van der Waals surface area contributed by atoms with E-state index in [-0.39, 0.29) is 12.5 Å². The van der Waals surface area contributed by atoms with Gasteiger partial charge in [0.15, 0.2) is 11.6 Å². The molecule has 2 rings (SSSR count). The molecule has 1 saturated carbocycles. The first kappa shape index (κ1) is 14.2. The minimum absolute atomic E-state index is 0.0139. The molecule has 1 aromatic carbocycles. The molecule has 20 heavy (non-hydrogen) atoms. The summed E-state index contributed by atoms with van der Waals surface area (Å²) < 4.78 is 25.7. The maximum absolute atomic E-state index is 13.0. The standard InChI is InChI=1S/C13H14F2N2O3/c14-9-4-1-7(5-10(9)15)6-16-13(20)17-11(12(18)19)8-2-3-8/h1,4-5,8,11H,2-3,6H2,(H,18,19)(H2,16,17,20). The van der Waals surface area contributed by atoms with Gasteiger partial charge in [0.2, 0.25) is 0 Å². The highest BCUT2D eigenvalue weighted by atomic mass is 19.2. The molecule has 2 amide bonds. The lowest BCUT2D eigenvalue weighted by Crippen LogP contribution is -2.46. The molecule has 1 unspecified atom stereocenters. The fourth-order valence-corrected chi connectivity index (χ4v) is 1.83. The molecule has 0 heterocycles. The summed E-state index contributed by atoms with van der Waals surface area (Å²) in [5.41, 5.74) is 0.386. The quantitative estimate of drug-likeness (QED) is 0.769. The highest BCUT2D eigenvalue weighted by Crippen LogP contribution is 2.32. The molecule has 1 aromatic rings. The van der Waals surface area contributed by atoms with Crippen LogP contribution in [0.5, 0.6) is 0 Å². The summed E-state index contributed by atoms with van der Waals surface area (Å²) >= 11 is 0. The molecule has 5 nitrogen and oxygen atoms in total. The average molecular weight is 284 g/mol. The Kier molecular flexibility index (Phi) is 4.16. The number of carboxylic acids is 1. The maximum Gasteiger partial charge on any atom is 0.326 e. The third kappa shape index (κ3) is 3.66.